The molecule has 3 rings (SSSR count). The first-order valence-corrected chi connectivity index (χ1v) is 7.72. The van der Waals surface area contributed by atoms with Gasteiger partial charge in [-0.25, -0.2) is 0 Å². The van der Waals surface area contributed by atoms with Crippen LogP contribution in [0.3, 0.4) is 0 Å². The van der Waals surface area contributed by atoms with Gasteiger partial charge in [-0.2, -0.15) is 0 Å². The molecule has 0 heterocycles. The number of hydrogen-bond acceptors (Lipinski definition) is 2. The van der Waals surface area contributed by atoms with Gasteiger partial charge in [-0.1, -0.05) is 48.0 Å². The van der Waals surface area contributed by atoms with Crippen molar-refractivity contribution in [1.82, 2.24) is 5.32 Å². The smallest absolute Gasteiger partial charge is 0.127 e. The molecule has 0 aliphatic heterocycles. The van der Waals surface area contributed by atoms with Crippen molar-refractivity contribution in [2.45, 2.75) is 45.9 Å². The molecular weight excluding hydrogens is 258 g/mol. The lowest BCUT2D eigenvalue weighted by atomic mass is 10.1. The minimum atomic E-state index is 0.627. The lowest BCUT2D eigenvalue weighted by Gasteiger charge is -2.15. The summed E-state index contributed by atoms with van der Waals surface area (Å²) in [5, 5.41) is 3.57. The summed E-state index contributed by atoms with van der Waals surface area (Å²) >= 11 is 0. The topological polar surface area (TPSA) is 21.3 Å². The third-order valence-corrected chi connectivity index (χ3v) is 3.96. The normalized spacial score (nSPS) is 14.2. The van der Waals surface area contributed by atoms with Crippen LogP contribution in [-0.4, -0.2) is 6.04 Å². The van der Waals surface area contributed by atoms with Gasteiger partial charge in [0.1, 0.15) is 12.4 Å². The summed E-state index contributed by atoms with van der Waals surface area (Å²) in [7, 11) is 0. The SMILES string of the molecule is Cc1ccc(COc2c(C)cccc2CNC2CC2)cc1. The van der Waals surface area contributed by atoms with Crippen molar-refractivity contribution in [3.63, 3.8) is 0 Å². The average Bonchev–Trinajstić information content (AvgIpc) is 3.30. The van der Waals surface area contributed by atoms with Crippen molar-refractivity contribution in [3.05, 3.63) is 64.7 Å². The van der Waals surface area contributed by atoms with Crippen LogP contribution in [0.2, 0.25) is 0 Å². The average molecular weight is 281 g/mol. The van der Waals surface area contributed by atoms with Crippen LogP contribution in [0.25, 0.3) is 0 Å². The van der Waals surface area contributed by atoms with Crippen molar-refractivity contribution in [2.24, 2.45) is 0 Å². The molecule has 2 aromatic rings. The van der Waals surface area contributed by atoms with Gasteiger partial charge in [0, 0.05) is 18.2 Å². The Labute approximate surface area is 127 Å². The molecule has 0 aromatic heterocycles. The van der Waals surface area contributed by atoms with Gasteiger partial charge in [0.2, 0.25) is 0 Å². The Morgan fingerprint density at radius 3 is 2.52 bits per heavy atom. The Morgan fingerprint density at radius 1 is 1.05 bits per heavy atom. The Morgan fingerprint density at radius 2 is 1.81 bits per heavy atom. The number of rotatable bonds is 6. The molecule has 0 radical (unpaired) electrons. The zero-order valence-electron chi connectivity index (χ0n) is 12.9. The van der Waals surface area contributed by atoms with Crippen LogP contribution >= 0.6 is 0 Å². The fourth-order valence-electron chi connectivity index (χ4n) is 2.44. The highest BCUT2D eigenvalue weighted by Crippen LogP contribution is 2.26. The molecule has 110 valence electrons. The van der Waals surface area contributed by atoms with Gasteiger partial charge >= 0.3 is 0 Å². The van der Waals surface area contributed by atoms with Gasteiger partial charge in [-0.3, -0.25) is 0 Å². The van der Waals surface area contributed by atoms with Gasteiger partial charge in [0.05, 0.1) is 0 Å². The molecule has 1 N–H and O–H groups in total. The second kappa shape index (κ2) is 6.31. The van der Waals surface area contributed by atoms with Crippen molar-refractivity contribution in [1.29, 1.82) is 0 Å². The van der Waals surface area contributed by atoms with Crippen molar-refractivity contribution >= 4 is 0 Å². The molecule has 0 saturated heterocycles. The van der Waals surface area contributed by atoms with E-state index in [1.54, 1.807) is 0 Å². The van der Waals surface area contributed by atoms with E-state index < -0.39 is 0 Å². The van der Waals surface area contributed by atoms with Gasteiger partial charge in [-0.15, -0.1) is 0 Å². The van der Waals surface area contributed by atoms with Crippen LogP contribution in [0.5, 0.6) is 5.75 Å². The number of benzene rings is 2. The summed E-state index contributed by atoms with van der Waals surface area (Å²) in [5.74, 6) is 1.03. The minimum absolute atomic E-state index is 0.627. The first-order valence-electron chi connectivity index (χ1n) is 7.72. The quantitative estimate of drug-likeness (QED) is 0.859. The first-order chi connectivity index (χ1) is 10.2. The van der Waals surface area contributed by atoms with Crippen LogP contribution in [0, 0.1) is 13.8 Å². The van der Waals surface area contributed by atoms with Crippen LogP contribution in [-0.2, 0) is 13.2 Å². The number of hydrogen-bond donors (Lipinski definition) is 1. The Bertz CT molecular complexity index is 599. The number of nitrogens with one attached hydrogen (secondary N) is 1. The molecule has 2 nitrogen and oxygen atoms in total. The molecule has 1 aliphatic carbocycles. The summed E-state index contributed by atoms with van der Waals surface area (Å²) in [6.07, 6.45) is 2.62. The zero-order chi connectivity index (χ0) is 14.7. The van der Waals surface area contributed by atoms with E-state index in [0.717, 1.165) is 18.3 Å². The highest BCUT2D eigenvalue weighted by Gasteiger charge is 2.20. The molecule has 2 aromatic carbocycles. The maximum Gasteiger partial charge on any atom is 0.127 e. The molecule has 1 saturated carbocycles. The molecule has 2 heteroatoms. The maximum atomic E-state index is 6.11. The number of para-hydroxylation sites is 1. The summed E-state index contributed by atoms with van der Waals surface area (Å²) in [4.78, 5) is 0. The predicted molar refractivity (Wildman–Crippen MR) is 86.6 cm³/mol. The second-order valence-corrected chi connectivity index (χ2v) is 5.99. The fourth-order valence-corrected chi connectivity index (χ4v) is 2.44. The molecule has 0 amide bonds. The molecule has 1 fully saturated rings. The molecule has 1 aliphatic rings. The standard InChI is InChI=1S/C19H23NO/c1-14-6-8-16(9-7-14)13-21-19-15(2)4-3-5-17(19)12-20-18-10-11-18/h3-9,18,20H,10-13H2,1-2H3. The van der Waals surface area contributed by atoms with Gasteiger partial charge in [-0.05, 0) is 37.8 Å². The van der Waals surface area contributed by atoms with E-state index in [9.17, 15) is 0 Å². The van der Waals surface area contributed by atoms with E-state index in [4.69, 9.17) is 4.74 Å². The highest BCUT2D eigenvalue weighted by molar-refractivity contribution is 5.41. The monoisotopic (exact) mass is 281 g/mol. The Balaban J connectivity index is 1.69. The third-order valence-electron chi connectivity index (χ3n) is 3.96. The van der Waals surface area contributed by atoms with Crippen LogP contribution < -0.4 is 10.1 Å². The minimum Gasteiger partial charge on any atom is -0.488 e. The summed E-state index contributed by atoms with van der Waals surface area (Å²) in [5.41, 5.74) is 4.96. The largest absolute Gasteiger partial charge is 0.488 e. The Kier molecular flexibility index (Phi) is 4.26. The molecular formula is C19H23NO. The molecule has 21 heavy (non-hydrogen) atoms. The van der Waals surface area contributed by atoms with Gasteiger partial charge in [0.25, 0.3) is 0 Å². The summed E-state index contributed by atoms with van der Waals surface area (Å²) in [6, 6.07) is 15.6. The van der Waals surface area contributed by atoms with E-state index in [-0.39, 0.29) is 0 Å². The van der Waals surface area contributed by atoms with Crippen molar-refractivity contribution < 1.29 is 4.74 Å². The van der Waals surface area contributed by atoms with E-state index in [1.807, 2.05) is 0 Å². The van der Waals surface area contributed by atoms with Gasteiger partial charge < -0.3 is 10.1 Å². The zero-order valence-corrected chi connectivity index (χ0v) is 12.9. The fraction of sp³-hybridized carbons (Fsp3) is 0.368. The van der Waals surface area contributed by atoms with Crippen molar-refractivity contribution in [3.8, 4) is 5.75 Å². The van der Waals surface area contributed by atoms with E-state index in [0.29, 0.717) is 6.61 Å². The first kappa shape index (κ1) is 14.2. The summed E-state index contributed by atoms with van der Waals surface area (Å²) in [6.45, 7) is 5.75. The highest BCUT2D eigenvalue weighted by atomic mass is 16.5. The van der Waals surface area contributed by atoms with Crippen molar-refractivity contribution in [2.75, 3.05) is 0 Å². The van der Waals surface area contributed by atoms with Crippen LogP contribution in [0.1, 0.15) is 35.1 Å². The molecule has 0 atom stereocenters. The van der Waals surface area contributed by atoms with E-state index in [1.165, 1.54) is 35.1 Å². The number of ether oxygens (including phenoxy) is 1. The summed E-state index contributed by atoms with van der Waals surface area (Å²) < 4.78 is 6.11. The molecule has 0 unspecified atom stereocenters. The van der Waals surface area contributed by atoms with Crippen LogP contribution in [0.15, 0.2) is 42.5 Å². The van der Waals surface area contributed by atoms with Crippen LogP contribution in [0.4, 0.5) is 0 Å². The maximum absolute atomic E-state index is 6.11. The molecule has 0 bridgehead atoms. The van der Waals surface area contributed by atoms with Gasteiger partial charge in [0.15, 0.2) is 0 Å². The number of aryl methyl sites for hydroxylation is 2. The lowest BCUT2D eigenvalue weighted by Crippen LogP contribution is -2.16. The van der Waals surface area contributed by atoms with E-state index >= 15 is 0 Å². The lowest BCUT2D eigenvalue weighted by molar-refractivity contribution is 0.300. The molecule has 0 spiro atoms. The van der Waals surface area contributed by atoms with E-state index in [2.05, 4.69) is 61.6 Å². The third kappa shape index (κ3) is 3.85. The Hall–Kier alpha value is -1.80. The predicted octanol–water partition coefficient (Wildman–Crippen LogP) is 4.13. The second-order valence-electron chi connectivity index (χ2n) is 5.99.